The molecule has 0 bridgehead atoms. The number of carbonyl (C=O) groups is 2. The zero-order valence-corrected chi connectivity index (χ0v) is 18.2. The molecule has 0 saturated heterocycles. The molecule has 1 aliphatic heterocycles. The van der Waals surface area contributed by atoms with Crippen molar-refractivity contribution in [2.75, 3.05) is 12.3 Å². The van der Waals surface area contributed by atoms with Crippen molar-refractivity contribution >= 4 is 34.9 Å². The lowest BCUT2D eigenvalue weighted by atomic mass is 10.1. The minimum Gasteiger partial charge on any atom is -0.344 e. The van der Waals surface area contributed by atoms with Gasteiger partial charge in [-0.15, -0.1) is 23.1 Å². The minimum atomic E-state index is -0.419. The number of benzene rings is 1. The van der Waals surface area contributed by atoms with Crippen LogP contribution in [0.25, 0.3) is 0 Å². The lowest BCUT2D eigenvalue weighted by Gasteiger charge is -2.30. The summed E-state index contributed by atoms with van der Waals surface area (Å²) in [6, 6.07) is 10.1. The average molecular weight is 417 g/mol. The Balaban J connectivity index is 1.49. The Morgan fingerprint density at radius 1 is 1.25 bits per heavy atom. The summed E-state index contributed by atoms with van der Waals surface area (Å²) in [6.07, 6.45) is 2.46. The molecular weight excluding hydrogens is 388 g/mol. The van der Waals surface area contributed by atoms with Crippen LogP contribution in [0.3, 0.4) is 0 Å². The summed E-state index contributed by atoms with van der Waals surface area (Å²) < 4.78 is 0. The number of rotatable bonds is 8. The molecule has 0 saturated carbocycles. The molecule has 0 spiro atoms. The van der Waals surface area contributed by atoms with Crippen LogP contribution in [0.2, 0.25) is 0 Å². The van der Waals surface area contributed by atoms with Gasteiger partial charge in [0.25, 0.3) is 0 Å². The number of hydrogen-bond donors (Lipinski definition) is 1. The number of aryl methyl sites for hydroxylation is 1. The fraction of sp³-hybridized carbons (Fsp3) is 0.455. The lowest BCUT2D eigenvalue weighted by Crippen LogP contribution is -2.50. The van der Waals surface area contributed by atoms with Gasteiger partial charge in [0.1, 0.15) is 6.04 Å². The predicted molar refractivity (Wildman–Crippen MR) is 118 cm³/mol. The van der Waals surface area contributed by atoms with Gasteiger partial charge in [0.15, 0.2) is 0 Å². The average Bonchev–Trinajstić information content (AvgIpc) is 3.16. The van der Waals surface area contributed by atoms with Gasteiger partial charge in [-0.3, -0.25) is 9.59 Å². The van der Waals surface area contributed by atoms with Crippen LogP contribution >= 0.6 is 23.1 Å². The van der Waals surface area contributed by atoms with Gasteiger partial charge in [-0.2, -0.15) is 0 Å². The highest BCUT2D eigenvalue weighted by Crippen LogP contribution is 2.24. The maximum Gasteiger partial charge on any atom is 0.245 e. The first-order chi connectivity index (χ1) is 13.6. The van der Waals surface area contributed by atoms with Crippen LogP contribution in [0.5, 0.6) is 0 Å². The van der Waals surface area contributed by atoms with Gasteiger partial charge in [-0.25, -0.2) is 0 Å². The number of thiophene rings is 1. The number of carbonyl (C=O) groups excluding carboxylic acids is 2. The number of hydrogen-bond acceptors (Lipinski definition) is 4. The number of thioether (sulfide) groups is 1. The smallest absolute Gasteiger partial charge is 0.245 e. The van der Waals surface area contributed by atoms with Crippen LogP contribution < -0.4 is 5.32 Å². The van der Waals surface area contributed by atoms with E-state index in [4.69, 9.17) is 0 Å². The normalized spacial score (nSPS) is 14.4. The molecule has 1 aromatic carbocycles. The third-order valence-electron chi connectivity index (χ3n) is 4.95. The summed E-state index contributed by atoms with van der Waals surface area (Å²) in [6.45, 7) is 5.52. The molecule has 0 fully saturated rings. The maximum absolute atomic E-state index is 13.0. The lowest BCUT2D eigenvalue weighted by molar-refractivity contribution is -0.137. The van der Waals surface area contributed by atoms with E-state index in [1.54, 1.807) is 23.1 Å². The maximum atomic E-state index is 13.0. The first-order valence-electron chi connectivity index (χ1n) is 9.83. The molecule has 0 aliphatic carbocycles. The van der Waals surface area contributed by atoms with Crippen molar-refractivity contribution in [3.63, 3.8) is 0 Å². The molecule has 150 valence electrons. The van der Waals surface area contributed by atoms with E-state index in [1.165, 1.54) is 21.6 Å². The molecule has 1 N–H and O–H groups in total. The third kappa shape index (κ3) is 5.61. The van der Waals surface area contributed by atoms with E-state index >= 15 is 0 Å². The fourth-order valence-electron chi connectivity index (χ4n) is 3.38. The summed E-state index contributed by atoms with van der Waals surface area (Å²) >= 11 is 3.35. The van der Waals surface area contributed by atoms with Crippen LogP contribution in [0, 0.1) is 6.92 Å². The Hall–Kier alpha value is -1.79. The van der Waals surface area contributed by atoms with Crippen molar-refractivity contribution in [1.82, 2.24) is 10.2 Å². The summed E-state index contributed by atoms with van der Waals surface area (Å²) in [5.41, 5.74) is 3.70. The first kappa shape index (κ1) is 20.9. The number of fused-ring (bicyclic) bond motifs is 1. The SMILES string of the molecule is CCCC(NC(=O)CSCc1ccc(C)cc1)C(=O)N1CCc2sccc2C1. The van der Waals surface area contributed by atoms with Gasteiger partial charge >= 0.3 is 0 Å². The molecule has 1 aromatic heterocycles. The molecule has 2 heterocycles. The molecule has 1 aliphatic rings. The van der Waals surface area contributed by atoms with Crippen molar-refractivity contribution in [1.29, 1.82) is 0 Å². The van der Waals surface area contributed by atoms with Crippen molar-refractivity contribution in [3.05, 3.63) is 57.3 Å². The van der Waals surface area contributed by atoms with Crippen LogP contribution in [-0.4, -0.2) is 35.1 Å². The second kappa shape index (κ2) is 10.1. The molecule has 1 atom stereocenters. The largest absolute Gasteiger partial charge is 0.344 e. The summed E-state index contributed by atoms with van der Waals surface area (Å²) in [5, 5.41) is 5.07. The highest BCUT2D eigenvalue weighted by molar-refractivity contribution is 7.99. The third-order valence-corrected chi connectivity index (χ3v) is 6.98. The standard InChI is InChI=1S/C22H28N2O2S2/c1-3-4-19(22(26)24-11-9-20-18(13-24)10-12-28-20)23-21(25)15-27-14-17-7-5-16(2)6-8-17/h5-8,10,12,19H,3-4,9,11,13-15H2,1-2H3,(H,23,25). The molecule has 6 heteroatoms. The molecule has 4 nitrogen and oxygen atoms in total. The zero-order valence-electron chi connectivity index (χ0n) is 16.6. The van der Waals surface area contributed by atoms with Gasteiger partial charge in [0.05, 0.1) is 5.75 Å². The summed E-state index contributed by atoms with van der Waals surface area (Å²) in [7, 11) is 0. The monoisotopic (exact) mass is 416 g/mol. The molecule has 0 radical (unpaired) electrons. The van der Waals surface area contributed by atoms with Crippen molar-refractivity contribution < 1.29 is 9.59 Å². The van der Waals surface area contributed by atoms with Gasteiger partial charge in [0, 0.05) is 23.7 Å². The van der Waals surface area contributed by atoms with E-state index < -0.39 is 6.04 Å². The quantitative estimate of drug-likeness (QED) is 0.703. The number of amides is 2. The summed E-state index contributed by atoms with van der Waals surface area (Å²) in [5.74, 6) is 1.16. The molecule has 2 aromatic rings. The second-order valence-electron chi connectivity index (χ2n) is 7.27. The Labute approximate surface area is 175 Å². The van der Waals surface area contributed by atoms with Crippen LogP contribution in [0.4, 0.5) is 0 Å². The van der Waals surface area contributed by atoms with Crippen molar-refractivity contribution in [2.45, 2.75) is 51.4 Å². The number of nitrogens with zero attached hydrogens (tertiary/aromatic N) is 1. The van der Waals surface area contributed by atoms with E-state index in [0.717, 1.165) is 25.1 Å². The topological polar surface area (TPSA) is 49.4 Å². The fourth-order valence-corrected chi connectivity index (χ4v) is 5.07. The van der Waals surface area contributed by atoms with E-state index in [1.807, 2.05) is 11.8 Å². The molecule has 3 rings (SSSR count). The van der Waals surface area contributed by atoms with Crippen LogP contribution in [-0.2, 0) is 28.3 Å². The first-order valence-corrected chi connectivity index (χ1v) is 11.9. The van der Waals surface area contributed by atoms with Crippen molar-refractivity contribution in [2.24, 2.45) is 0 Å². The Kier molecular flexibility index (Phi) is 7.57. The minimum absolute atomic E-state index is 0.0515. The van der Waals surface area contributed by atoms with Crippen LogP contribution in [0.15, 0.2) is 35.7 Å². The van der Waals surface area contributed by atoms with Gasteiger partial charge < -0.3 is 10.2 Å². The van der Waals surface area contributed by atoms with Gasteiger partial charge in [0.2, 0.25) is 11.8 Å². The van der Waals surface area contributed by atoms with E-state index in [-0.39, 0.29) is 11.8 Å². The Morgan fingerprint density at radius 3 is 2.79 bits per heavy atom. The Bertz CT molecular complexity index is 801. The van der Waals surface area contributed by atoms with Gasteiger partial charge in [-0.1, -0.05) is 43.2 Å². The molecule has 28 heavy (non-hydrogen) atoms. The summed E-state index contributed by atoms with van der Waals surface area (Å²) in [4.78, 5) is 28.7. The zero-order chi connectivity index (χ0) is 19.9. The van der Waals surface area contributed by atoms with E-state index in [0.29, 0.717) is 18.7 Å². The predicted octanol–water partition coefficient (Wildman–Crippen LogP) is 4.16. The number of nitrogens with one attached hydrogen (secondary N) is 1. The van der Waals surface area contributed by atoms with Crippen molar-refractivity contribution in [3.8, 4) is 0 Å². The molecular formula is C22H28N2O2S2. The van der Waals surface area contributed by atoms with Gasteiger partial charge in [-0.05, 0) is 42.3 Å². The second-order valence-corrected chi connectivity index (χ2v) is 9.25. The van der Waals surface area contributed by atoms with E-state index in [2.05, 4.69) is 48.0 Å². The van der Waals surface area contributed by atoms with E-state index in [9.17, 15) is 9.59 Å². The highest BCUT2D eigenvalue weighted by Gasteiger charge is 2.28. The Morgan fingerprint density at radius 2 is 2.04 bits per heavy atom. The molecule has 1 unspecified atom stereocenters. The van der Waals surface area contributed by atoms with Crippen LogP contribution in [0.1, 0.15) is 41.3 Å². The highest BCUT2D eigenvalue weighted by atomic mass is 32.2. The molecule has 2 amide bonds.